The first kappa shape index (κ1) is 19.5. The van der Waals surface area contributed by atoms with Crippen LogP contribution in [0.25, 0.3) is 10.2 Å². The number of hydrogen-bond donors (Lipinski definition) is 3. The number of nitrogens with zero attached hydrogens (tertiary/aromatic N) is 2. The zero-order valence-corrected chi connectivity index (χ0v) is 17.5. The first-order valence-electron chi connectivity index (χ1n) is 10.5. The maximum absolute atomic E-state index is 9.76. The van der Waals surface area contributed by atoms with E-state index < -0.39 is 0 Å². The fourth-order valence-electron chi connectivity index (χ4n) is 3.97. The number of benzene rings is 1. The minimum Gasteiger partial charge on any atom is -0.488 e. The molecule has 1 aromatic carbocycles. The van der Waals surface area contributed by atoms with Gasteiger partial charge in [0, 0.05) is 18.2 Å². The quantitative estimate of drug-likeness (QED) is 0.541. The Morgan fingerprint density at radius 2 is 1.87 bits per heavy atom. The lowest BCUT2D eigenvalue weighted by Crippen LogP contribution is -2.28. The van der Waals surface area contributed by atoms with Gasteiger partial charge in [0.25, 0.3) is 0 Å². The van der Waals surface area contributed by atoms with Crippen LogP contribution in [0.2, 0.25) is 0 Å². The van der Waals surface area contributed by atoms with Crippen molar-refractivity contribution < 1.29 is 14.6 Å². The van der Waals surface area contributed by atoms with Crippen molar-refractivity contribution in [1.29, 1.82) is 0 Å². The third kappa shape index (κ3) is 4.50. The van der Waals surface area contributed by atoms with Gasteiger partial charge < -0.3 is 25.2 Å². The minimum absolute atomic E-state index is 0.141. The van der Waals surface area contributed by atoms with Gasteiger partial charge in [-0.15, -0.1) is 11.3 Å². The van der Waals surface area contributed by atoms with Crippen LogP contribution in [-0.2, 0) is 4.74 Å². The predicted octanol–water partition coefficient (Wildman–Crippen LogP) is 4.32. The molecule has 8 heteroatoms. The number of ether oxygens (including phenoxy) is 2. The molecule has 3 aromatic rings. The molecular formula is C22H26N4O3S. The number of anilines is 3. The van der Waals surface area contributed by atoms with E-state index in [4.69, 9.17) is 14.5 Å². The van der Waals surface area contributed by atoms with Crippen LogP contribution in [0.3, 0.4) is 0 Å². The molecule has 7 nitrogen and oxygen atoms in total. The average Bonchev–Trinajstić information content (AvgIpc) is 3.43. The van der Waals surface area contributed by atoms with Crippen LogP contribution in [-0.4, -0.2) is 46.5 Å². The second kappa shape index (κ2) is 8.75. The fraction of sp³-hybridized carbons (Fsp3) is 0.455. The molecule has 2 fully saturated rings. The lowest BCUT2D eigenvalue weighted by atomic mass is 9.93. The van der Waals surface area contributed by atoms with Crippen molar-refractivity contribution in [3.05, 3.63) is 35.7 Å². The van der Waals surface area contributed by atoms with Gasteiger partial charge in [-0.05, 0) is 61.4 Å². The number of aliphatic hydroxyl groups is 1. The molecule has 1 atom stereocenters. The first-order valence-corrected chi connectivity index (χ1v) is 11.4. The Labute approximate surface area is 179 Å². The van der Waals surface area contributed by atoms with Crippen molar-refractivity contribution in [2.75, 3.05) is 23.8 Å². The van der Waals surface area contributed by atoms with Crippen molar-refractivity contribution in [2.24, 2.45) is 0 Å². The maximum atomic E-state index is 9.76. The lowest BCUT2D eigenvalue weighted by Gasteiger charge is -2.26. The summed E-state index contributed by atoms with van der Waals surface area (Å²) in [6.07, 6.45) is 4.49. The van der Waals surface area contributed by atoms with Crippen LogP contribution in [0.1, 0.15) is 32.1 Å². The van der Waals surface area contributed by atoms with Crippen LogP contribution in [0.5, 0.6) is 5.75 Å². The Morgan fingerprint density at radius 3 is 2.63 bits per heavy atom. The summed E-state index contributed by atoms with van der Waals surface area (Å²) in [5.41, 5.74) is 1.84. The normalized spacial score (nSPS) is 24.1. The third-order valence-electron chi connectivity index (χ3n) is 5.64. The van der Waals surface area contributed by atoms with Gasteiger partial charge in [0.15, 0.2) is 0 Å². The van der Waals surface area contributed by atoms with Gasteiger partial charge >= 0.3 is 0 Å². The van der Waals surface area contributed by atoms with Crippen LogP contribution in [0, 0.1) is 0 Å². The van der Waals surface area contributed by atoms with Crippen LogP contribution in [0.4, 0.5) is 17.5 Å². The molecule has 1 aliphatic carbocycles. The summed E-state index contributed by atoms with van der Waals surface area (Å²) >= 11 is 1.64. The molecule has 3 N–H and O–H groups in total. The topological polar surface area (TPSA) is 88.5 Å². The average molecular weight is 427 g/mol. The third-order valence-corrected chi connectivity index (χ3v) is 6.55. The SMILES string of the molecule is O[C@H]1CC[C@H](Nc2nc(Nc3ccc(OC4CCOC4)cc3)nc3ccsc23)CC1. The van der Waals surface area contributed by atoms with Gasteiger partial charge in [0.05, 0.1) is 29.5 Å². The Morgan fingerprint density at radius 1 is 1.03 bits per heavy atom. The van der Waals surface area contributed by atoms with Gasteiger partial charge in [-0.2, -0.15) is 4.98 Å². The Kier molecular flexibility index (Phi) is 5.70. The summed E-state index contributed by atoms with van der Waals surface area (Å²) < 4.78 is 12.4. The van der Waals surface area contributed by atoms with E-state index in [0.717, 1.165) is 66.2 Å². The zero-order chi connectivity index (χ0) is 20.3. The van der Waals surface area contributed by atoms with Crippen LogP contribution < -0.4 is 15.4 Å². The molecule has 5 rings (SSSR count). The standard InChI is InChI=1S/C22H26N4O3S/c27-16-5-1-14(2-6-16)23-21-20-19(10-12-30-20)25-22(26-21)24-15-3-7-17(8-4-15)29-18-9-11-28-13-18/h3-4,7-8,10,12,14,16,18,27H,1-2,5-6,9,11,13H2,(H2,23,24,25,26)/t14-,16-,18?. The highest BCUT2D eigenvalue weighted by Gasteiger charge is 2.21. The van der Waals surface area contributed by atoms with Crippen LogP contribution in [0.15, 0.2) is 35.7 Å². The van der Waals surface area contributed by atoms with Crippen molar-refractivity contribution in [3.63, 3.8) is 0 Å². The molecule has 0 amide bonds. The summed E-state index contributed by atoms with van der Waals surface area (Å²) in [5, 5.41) is 18.7. The number of nitrogens with one attached hydrogen (secondary N) is 2. The molecule has 2 aliphatic rings. The number of aliphatic hydroxyl groups excluding tert-OH is 1. The molecule has 3 heterocycles. The molecule has 0 spiro atoms. The van der Waals surface area contributed by atoms with Crippen LogP contribution >= 0.6 is 11.3 Å². The van der Waals surface area contributed by atoms with Crippen molar-refractivity contribution in [2.45, 2.75) is 50.4 Å². The van der Waals surface area contributed by atoms with Gasteiger partial charge in [-0.1, -0.05) is 0 Å². The number of thiophene rings is 1. The van der Waals surface area contributed by atoms with E-state index in [1.54, 1.807) is 11.3 Å². The molecule has 158 valence electrons. The monoisotopic (exact) mass is 426 g/mol. The molecule has 1 aliphatic heterocycles. The molecule has 2 aromatic heterocycles. The summed E-state index contributed by atoms with van der Waals surface area (Å²) in [4.78, 5) is 9.42. The Balaban J connectivity index is 1.30. The van der Waals surface area contributed by atoms with Gasteiger partial charge in [-0.25, -0.2) is 4.98 Å². The largest absolute Gasteiger partial charge is 0.488 e. The van der Waals surface area contributed by atoms with Gasteiger partial charge in [0.1, 0.15) is 17.7 Å². The number of rotatable bonds is 6. The van der Waals surface area contributed by atoms with Crippen molar-refractivity contribution in [1.82, 2.24) is 9.97 Å². The summed E-state index contributed by atoms with van der Waals surface area (Å²) in [7, 11) is 0. The van der Waals surface area contributed by atoms with E-state index in [1.807, 2.05) is 35.7 Å². The maximum Gasteiger partial charge on any atom is 0.229 e. The second-order valence-corrected chi connectivity index (χ2v) is 8.85. The molecule has 1 saturated carbocycles. The molecular weight excluding hydrogens is 400 g/mol. The second-order valence-electron chi connectivity index (χ2n) is 7.93. The zero-order valence-electron chi connectivity index (χ0n) is 16.7. The molecule has 30 heavy (non-hydrogen) atoms. The van der Waals surface area contributed by atoms with Gasteiger partial charge in [-0.3, -0.25) is 0 Å². The number of fused-ring (bicyclic) bond motifs is 1. The summed E-state index contributed by atoms with van der Waals surface area (Å²) in [5.74, 6) is 2.27. The highest BCUT2D eigenvalue weighted by atomic mass is 32.1. The highest BCUT2D eigenvalue weighted by Crippen LogP contribution is 2.31. The molecule has 1 saturated heterocycles. The van der Waals surface area contributed by atoms with E-state index in [0.29, 0.717) is 18.6 Å². The fourth-order valence-corrected chi connectivity index (χ4v) is 4.76. The van der Waals surface area contributed by atoms with Crippen molar-refractivity contribution >= 4 is 39.0 Å². The predicted molar refractivity (Wildman–Crippen MR) is 119 cm³/mol. The van der Waals surface area contributed by atoms with E-state index >= 15 is 0 Å². The molecule has 1 unspecified atom stereocenters. The van der Waals surface area contributed by atoms with E-state index in [9.17, 15) is 5.11 Å². The van der Waals surface area contributed by atoms with E-state index in [-0.39, 0.29) is 12.2 Å². The Bertz CT molecular complexity index is 980. The first-order chi connectivity index (χ1) is 14.7. The summed E-state index contributed by atoms with van der Waals surface area (Å²) in [6, 6.07) is 10.2. The molecule has 0 radical (unpaired) electrons. The van der Waals surface area contributed by atoms with E-state index in [2.05, 4.69) is 15.6 Å². The minimum atomic E-state index is -0.166. The van der Waals surface area contributed by atoms with Crippen molar-refractivity contribution in [3.8, 4) is 5.75 Å². The van der Waals surface area contributed by atoms with Gasteiger partial charge in [0.2, 0.25) is 5.95 Å². The molecule has 0 bridgehead atoms. The number of hydrogen-bond acceptors (Lipinski definition) is 8. The smallest absolute Gasteiger partial charge is 0.229 e. The van der Waals surface area contributed by atoms with E-state index in [1.165, 1.54) is 0 Å². The lowest BCUT2D eigenvalue weighted by molar-refractivity contribution is 0.126. The number of aromatic nitrogens is 2. The highest BCUT2D eigenvalue weighted by molar-refractivity contribution is 7.17. The Hall–Kier alpha value is -2.42. The summed E-state index contributed by atoms with van der Waals surface area (Å²) in [6.45, 7) is 1.43.